The van der Waals surface area contributed by atoms with E-state index in [-0.39, 0.29) is 12.3 Å². The number of carboxylic acids is 1. The average Bonchev–Trinajstić information content (AvgIpc) is 3.22. The summed E-state index contributed by atoms with van der Waals surface area (Å²) in [5.74, 6) is -2.68. The molecular weight excluding hydrogens is 444 g/mol. The number of carbonyl (C=O) groups is 4. The van der Waals surface area contributed by atoms with Crippen molar-refractivity contribution in [3.05, 3.63) is 71.3 Å². The zero-order valence-corrected chi connectivity index (χ0v) is 18.8. The Balaban J connectivity index is 1.46. The number of esters is 1. The fraction of sp³-hybridized carbons (Fsp3) is 0.333. The summed E-state index contributed by atoms with van der Waals surface area (Å²) in [6.45, 7) is 3.46. The van der Waals surface area contributed by atoms with Gasteiger partial charge in [0.05, 0.1) is 16.7 Å². The van der Waals surface area contributed by atoms with Gasteiger partial charge >= 0.3 is 11.9 Å². The molecule has 2 fully saturated rings. The molecule has 2 unspecified atom stereocenters. The first-order valence-electron chi connectivity index (χ1n) is 10.6. The Kier molecular flexibility index (Phi) is 4.79. The second kappa shape index (κ2) is 7.34. The largest absolute Gasteiger partial charge is 0.479 e. The molecule has 0 bridgehead atoms. The van der Waals surface area contributed by atoms with Crippen molar-refractivity contribution >= 4 is 35.5 Å². The number of nitrogens with zero attached hydrogens (tertiary/aromatic N) is 1. The lowest BCUT2D eigenvalue weighted by Gasteiger charge is -2.51. The van der Waals surface area contributed by atoms with E-state index in [0.29, 0.717) is 11.1 Å². The van der Waals surface area contributed by atoms with Gasteiger partial charge in [-0.2, -0.15) is 0 Å². The minimum atomic E-state index is -1.82. The van der Waals surface area contributed by atoms with Gasteiger partial charge in [-0.25, -0.2) is 9.59 Å². The fourth-order valence-electron chi connectivity index (χ4n) is 5.15. The second-order valence-electron chi connectivity index (χ2n) is 8.88. The van der Waals surface area contributed by atoms with Gasteiger partial charge < -0.3 is 20.1 Å². The van der Waals surface area contributed by atoms with Gasteiger partial charge in [-0.3, -0.25) is 9.59 Å². The molecule has 3 heterocycles. The van der Waals surface area contributed by atoms with Crippen molar-refractivity contribution in [1.29, 1.82) is 0 Å². The van der Waals surface area contributed by atoms with E-state index in [4.69, 9.17) is 4.74 Å². The van der Waals surface area contributed by atoms with Crippen LogP contribution in [-0.2, 0) is 25.5 Å². The Morgan fingerprint density at radius 3 is 2.45 bits per heavy atom. The van der Waals surface area contributed by atoms with E-state index >= 15 is 0 Å². The Bertz CT molecular complexity index is 1180. The molecule has 4 atom stereocenters. The number of benzene rings is 2. The van der Waals surface area contributed by atoms with Gasteiger partial charge in [0.15, 0.2) is 11.6 Å². The van der Waals surface area contributed by atoms with Gasteiger partial charge in [-0.1, -0.05) is 48.5 Å². The number of thioether (sulfide) groups is 1. The Labute approximate surface area is 194 Å². The number of cyclic esters (lactones) is 1. The summed E-state index contributed by atoms with van der Waals surface area (Å²) in [4.78, 5) is 52.5. The van der Waals surface area contributed by atoms with Crippen LogP contribution in [0.15, 0.2) is 54.6 Å². The number of β-lactam (4-membered cyclic amide) rings is 1. The lowest BCUT2D eigenvalue weighted by molar-refractivity contribution is -0.182. The highest BCUT2D eigenvalue weighted by molar-refractivity contribution is 8.01. The molecule has 2 saturated heterocycles. The maximum atomic E-state index is 13.3. The molecule has 0 radical (unpaired) electrons. The molecule has 2 N–H and O–H groups in total. The molecule has 33 heavy (non-hydrogen) atoms. The SMILES string of the molecule is CC1(C)S[C@@H]2C(NC(=O)Cc3ccccc3)C(=O)N2[C@]1(C(=O)O)C1OC(=O)c2ccccc21. The van der Waals surface area contributed by atoms with Crippen LogP contribution < -0.4 is 5.32 Å². The number of carboxylic acid groups (broad SMARTS) is 1. The number of amides is 2. The molecule has 0 aliphatic carbocycles. The summed E-state index contributed by atoms with van der Waals surface area (Å²) >= 11 is 1.29. The van der Waals surface area contributed by atoms with E-state index < -0.39 is 45.7 Å². The van der Waals surface area contributed by atoms with E-state index in [1.165, 1.54) is 16.7 Å². The molecule has 170 valence electrons. The maximum Gasteiger partial charge on any atom is 0.339 e. The number of fused-ring (bicyclic) bond motifs is 2. The van der Waals surface area contributed by atoms with Gasteiger partial charge in [-0.15, -0.1) is 11.8 Å². The fourth-order valence-corrected chi connectivity index (χ4v) is 6.92. The van der Waals surface area contributed by atoms with E-state index in [1.807, 2.05) is 30.3 Å². The van der Waals surface area contributed by atoms with E-state index in [0.717, 1.165) is 5.56 Å². The minimum absolute atomic E-state index is 0.114. The molecule has 2 amide bonds. The topological polar surface area (TPSA) is 113 Å². The third kappa shape index (κ3) is 2.91. The Hall–Kier alpha value is -3.33. The number of ether oxygens (including phenoxy) is 1. The normalized spacial score (nSPS) is 29.0. The number of aliphatic carboxylic acids is 1. The van der Waals surface area contributed by atoms with Gasteiger partial charge in [0.1, 0.15) is 11.4 Å². The lowest BCUT2D eigenvalue weighted by Crippen LogP contribution is -2.77. The molecule has 0 aromatic heterocycles. The molecule has 9 heteroatoms. The summed E-state index contributed by atoms with van der Waals surface area (Å²) in [6, 6.07) is 14.9. The molecule has 3 aliphatic rings. The summed E-state index contributed by atoms with van der Waals surface area (Å²) < 4.78 is 4.58. The molecule has 8 nitrogen and oxygen atoms in total. The van der Waals surface area contributed by atoms with Crippen LogP contribution in [0.4, 0.5) is 0 Å². The Morgan fingerprint density at radius 2 is 1.76 bits per heavy atom. The number of hydrogen-bond donors (Lipinski definition) is 2. The first-order valence-corrected chi connectivity index (χ1v) is 11.4. The van der Waals surface area contributed by atoms with Crippen LogP contribution in [0.25, 0.3) is 0 Å². The maximum absolute atomic E-state index is 13.3. The minimum Gasteiger partial charge on any atom is -0.479 e. The summed E-state index contributed by atoms with van der Waals surface area (Å²) in [7, 11) is 0. The van der Waals surface area contributed by atoms with Crippen LogP contribution in [0.1, 0.15) is 41.4 Å². The predicted molar refractivity (Wildman–Crippen MR) is 119 cm³/mol. The van der Waals surface area contributed by atoms with Crippen molar-refractivity contribution in [3.8, 4) is 0 Å². The van der Waals surface area contributed by atoms with Crippen molar-refractivity contribution in [2.45, 2.75) is 48.1 Å². The first kappa shape index (κ1) is 21.5. The van der Waals surface area contributed by atoms with Crippen molar-refractivity contribution in [2.24, 2.45) is 0 Å². The van der Waals surface area contributed by atoms with Crippen molar-refractivity contribution in [1.82, 2.24) is 10.2 Å². The summed E-state index contributed by atoms with van der Waals surface area (Å²) in [5.41, 5.74) is -0.258. The van der Waals surface area contributed by atoms with Gasteiger partial charge in [-0.05, 0) is 25.5 Å². The molecular formula is C24H22N2O6S. The molecule has 2 aromatic carbocycles. The monoisotopic (exact) mass is 466 g/mol. The Morgan fingerprint density at radius 1 is 1.09 bits per heavy atom. The summed E-state index contributed by atoms with van der Waals surface area (Å²) in [5, 5.41) is 12.7. The van der Waals surface area contributed by atoms with Crippen molar-refractivity contribution in [3.63, 3.8) is 0 Å². The molecule has 0 saturated carbocycles. The van der Waals surface area contributed by atoms with E-state index in [1.54, 1.807) is 38.1 Å². The first-order chi connectivity index (χ1) is 15.7. The zero-order chi connectivity index (χ0) is 23.5. The van der Waals surface area contributed by atoms with Crippen LogP contribution in [0.3, 0.4) is 0 Å². The van der Waals surface area contributed by atoms with Crippen LogP contribution in [0.5, 0.6) is 0 Å². The van der Waals surface area contributed by atoms with Crippen LogP contribution in [0, 0.1) is 0 Å². The number of carbonyl (C=O) groups excluding carboxylic acids is 3. The number of nitrogens with one attached hydrogen (secondary N) is 1. The summed E-state index contributed by atoms with van der Waals surface area (Å²) in [6.07, 6.45) is -1.04. The molecule has 3 aliphatic heterocycles. The highest BCUT2D eigenvalue weighted by Crippen LogP contribution is 2.62. The van der Waals surface area contributed by atoms with Crippen LogP contribution in [0.2, 0.25) is 0 Å². The van der Waals surface area contributed by atoms with Crippen molar-refractivity contribution < 1.29 is 29.0 Å². The third-order valence-electron chi connectivity index (χ3n) is 6.67. The molecule has 2 aromatic rings. The van der Waals surface area contributed by atoms with E-state index in [2.05, 4.69) is 5.32 Å². The second-order valence-corrected chi connectivity index (χ2v) is 10.6. The molecule has 0 spiro atoms. The quantitative estimate of drug-likeness (QED) is 0.513. The van der Waals surface area contributed by atoms with Gasteiger partial charge in [0.25, 0.3) is 0 Å². The highest BCUT2D eigenvalue weighted by atomic mass is 32.2. The zero-order valence-electron chi connectivity index (χ0n) is 18.0. The average molecular weight is 467 g/mol. The van der Waals surface area contributed by atoms with E-state index in [9.17, 15) is 24.3 Å². The predicted octanol–water partition coefficient (Wildman–Crippen LogP) is 2.14. The lowest BCUT2D eigenvalue weighted by atomic mass is 9.74. The molecule has 5 rings (SSSR count). The highest BCUT2D eigenvalue weighted by Gasteiger charge is 2.77. The van der Waals surface area contributed by atoms with Crippen LogP contribution in [-0.4, -0.2) is 55.5 Å². The number of rotatable bonds is 5. The van der Waals surface area contributed by atoms with Gasteiger partial charge in [0.2, 0.25) is 11.8 Å². The number of hydrogen-bond acceptors (Lipinski definition) is 6. The third-order valence-corrected chi connectivity index (χ3v) is 8.30. The smallest absolute Gasteiger partial charge is 0.339 e. The van der Waals surface area contributed by atoms with Crippen molar-refractivity contribution in [2.75, 3.05) is 0 Å². The van der Waals surface area contributed by atoms with Crippen LogP contribution >= 0.6 is 11.8 Å². The van der Waals surface area contributed by atoms with Gasteiger partial charge in [0, 0.05) is 5.56 Å². The standard InChI is InChI=1S/C24H22N2O6S/c1-23(2)24(22(30)31,18-14-10-6-7-11-15(14)21(29)32-18)26-19(28)17(20(26)33-23)25-16(27)12-13-8-4-3-5-9-13/h3-11,17-18,20H,12H2,1-2H3,(H,25,27)(H,30,31)/t17?,18?,20-,24+/m1/s1.